The van der Waals surface area contributed by atoms with Crippen molar-refractivity contribution in [1.82, 2.24) is 10.6 Å². The van der Waals surface area contributed by atoms with Crippen LogP contribution in [0, 0.1) is 44.4 Å². The molecule has 1 aromatic carbocycles. The molecule has 19 heteroatoms. The van der Waals surface area contributed by atoms with Gasteiger partial charge < -0.3 is 41.4 Å². The van der Waals surface area contributed by atoms with Crippen LogP contribution in [0.1, 0.15) is 134 Å². The second kappa shape index (κ2) is 27.0. The monoisotopic (exact) mass is 942 g/mol. The Bertz CT molecular complexity index is 1880. The SMILES string of the molecule is Cc1c(C)c2c(c(C)c1OC(=O)C(CSC[C@H](N)C(=O)NCC(=O)OC(=O)CC[C@H](N)C(=O)O)C(=O)NCCS(=O)(=O)O)CCC(C)(CCCC(C)CCCC(C)CCCC(C)C)O2. The van der Waals surface area contributed by atoms with E-state index in [4.69, 9.17) is 30.6 Å². The summed E-state index contributed by atoms with van der Waals surface area (Å²) in [6.45, 7) is 15.8. The fourth-order valence-electron chi connectivity index (χ4n) is 7.55. The first-order valence-electron chi connectivity index (χ1n) is 22.4. The maximum atomic E-state index is 13.8. The molecule has 0 saturated carbocycles. The summed E-state index contributed by atoms with van der Waals surface area (Å²) in [6.07, 6.45) is 11.5. The number of nitrogens with one attached hydrogen (secondary N) is 2. The van der Waals surface area contributed by atoms with Crippen molar-refractivity contribution in [3.05, 3.63) is 22.3 Å². The van der Waals surface area contributed by atoms with E-state index in [-0.39, 0.29) is 29.3 Å². The molecule has 4 unspecified atom stereocenters. The minimum atomic E-state index is -4.42. The molecule has 0 aromatic heterocycles. The van der Waals surface area contributed by atoms with Crippen molar-refractivity contribution < 1.29 is 61.1 Å². The number of nitrogens with two attached hydrogens (primary N) is 2. The van der Waals surface area contributed by atoms with Gasteiger partial charge in [0.25, 0.3) is 10.1 Å². The number of ether oxygens (including phenoxy) is 3. The minimum Gasteiger partial charge on any atom is -0.487 e. The molecule has 0 radical (unpaired) electrons. The number of hydrogen-bond donors (Lipinski definition) is 6. The van der Waals surface area contributed by atoms with Gasteiger partial charge in [0.05, 0.1) is 11.8 Å². The van der Waals surface area contributed by atoms with E-state index in [0.29, 0.717) is 23.5 Å². The van der Waals surface area contributed by atoms with E-state index in [2.05, 4.69) is 50.0 Å². The summed E-state index contributed by atoms with van der Waals surface area (Å²) in [7, 11) is -4.42. The number of hydrogen-bond acceptors (Lipinski definition) is 14. The predicted molar refractivity (Wildman–Crippen MR) is 246 cm³/mol. The van der Waals surface area contributed by atoms with Gasteiger partial charge in [-0.05, 0) is 94.2 Å². The highest BCUT2D eigenvalue weighted by Crippen LogP contribution is 2.45. The highest BCUT2D eigenvalue weighted by atomic mass is 32.2. The average Bonchev–Trinajstić information content (AvgIpc) is 3.20. The Kier molecular flexibility index (Phi) is 23.8. The number of esters is 3. The van der Waals surface area contributed by atoms with Gasteiger partial charge in [0.2, 0.25) is 11.8 Å². The Balaban J connectivity index is 2.05. The molecule has 1 aliphatic heterocycles. The smallest absolute Gasteiger partial charge is 0.333 e. The van der Waals surface area contributed by atoms with Gasteiger partial charge >= 0.3 is 23.9 Å². The summed E-state index contributed by atoms with van der Waals surface area (Å²) in [5.74, 6) is -5.53. The fourth-order valence-corrected chi connectivity index (χ4v) is 8.98. The molecule has 364 valence electrons. The largest absolute Gasteiger partial charge is 0.487 e. The summed E-state index contributed by atoms with van der Waals surface area (Å²) in [5, 5.41) is 13.4. The number of rotatable bonds is 29. The zero-order valence-electron chi connectivity index (χ0n) is 39.0. The average molecular weight is 943 g/mol. The molecule has 0 saturated heterocycles. The number of carbonyl (C=O) groups is 6. The van der Waals surface area contributed by atoms with Crippen LogP contribution >= 0.6 is 11.8 Å². The Morgan fingerprint density at radius 2 is 1.42 bits per heavy atom. The van der Waals surface area contributed by atoms with Crippen LogP contribution in [-0.2, 0) is 50.0 Å². The zero-order valence-corrected chi connectivity index (χ0v) is 40.7. The first-order valence-corrected chi connectivity index (χ1v) is 25.2. The predicted octanol–water partition coefficient (Wildman–Crippen LogP) is 5.10. The maximum Gasteiger partial charge on any atom is 0.333 e. The molecule has 64 heavy (non-hydrogen) atoms. The Morgan fingerprint density at radius 3 is 2.02 bits per heavy atom. The van der Waals surface area contributed by atoms with Gasteiger partial charge in [-0.25, -0.2) is 4.79 Å². The topological polar surface area (TPSA) is 281 Å². The van der Waals surface area contributed by atoms with Gasteiger partial charge in [-0.15, -0.1) is 0 Å². The molecule has 0 fully saturated rings. The number of carboxylic acid groups (broad SMARTS) is 1. The van der Waals surface area contributed by atoms with Gasteiger partial charge in [-0.1, -0.05) is 72.6 Å². The first-order chi connectivity index (χ1) is 29.8. The van der Waals surface area contributed by atoms with Crippen LogP contribution in [0.4, 0.5) is 0 Å². The van der Waals surface area contributed by atoms with Crippen LogP contribution in [0.25, 0.3) is 0 Å². The highest BCUT2D eigenvalue weighted by Gasteiger charge is 2.36. The molecule has 0 aliphatic carbocycles. The fraction of sp³-hybridized carbons (Fsp3) is 0.733. The number of fused-ring (bicyclic) bond motifs is 1. The van der Waals surface area contributed by atoms with Gasteiger partial charge in [0.15, 0.2) is 0 Å². The summed E-state index contributed by atoms with van der Waals surface area (Å²) >= 11 is 0.945. The van der Waals surface area contributed by atoms with Crippen LogP contribution in [0.3, 0.4) is 0 Å². The van der Waals surface area contributed by atoms with E-state index < -0.39 is 89.1 Å². The molecule has 1 aliphatic rings. The molecule has 1 heterocycles. The van der Waals surface area contributed by atoms with Crippen molar-refractivity contribution in [2.24, 2.45) is 35.1 Å². The Morgan fingerprint density at radius 1 is 0.812 bits per heavy atom. The van der Waals surface area contributed by atoms with Crippen LogP contribution < -0.4 is 31.6 Å². The third kappa shape index (κ3) is 20.2. The zero-order chi connectivity index (χ0) is 48.4. The van der Waals surface area contributed by atoms with Gasteiger partial charge in [-0.2, -0.15) is 20.2 Å². The van der Waals surface area contributed by atoms with Crippen molar-refractivity contribution in [2.45, 2.75) is 157 Å². The van der Waals surface area contributed by atoms with Crippen LogP contribution in [0.5, 0.6) is 11.5 Å². The molecule has 8 N–H and O–H groups in total. The quantitative estimate of drug-likeness (QED) is 0.0264. The van der Waals surface area contributed by atoms with Crippen molar-refractivity contribution in [3.8, 4) is 11.5 Å². The lowest BCUT2D eigenvalue weighted by atomic mass is 9.83. The van der Waals surface area contributed by atoms with Crippen molar-refractivity contribution >= 4 is 57.6 Å². The Labute approximate surface area is 383 Å². The standard InChI is InChI=1S/C45H74N4O13S2/c1-27(2)12-9-13-28(3)14-10-15-29(4)16-11-20-45(8)21-19-33-32(7)39(30(5)31(6)40(33)62-45)61-44(56)34(41(52)48-22-23-64(57,58)59)25-63-26-36(47)42(53)49-24-38(51)60-37(50)18-17-35(46)43(54)55/h27-29,34-36H,9-26,46-47H2,1-8H3,(H,48,52)(H,49,53)(H,54,55)(H,57,58,59)/t28?,29?,34?,35-,36-,45?/m0/s1. The number of carbonyl (C=O) groups excluding carboxylic acids is 5. The first kappa shape index (κ1) is 56.3. The second-order valence-corrected chi connectivity index (χ2v) is 20.8. The third-order valence-corrected chi connectivity index (χ3v) is 13.7. The van der Waals surface area contributed by atoms with E-state index in [1.807, 2.05) is 20.8 Å². The molecule has 1 aromatic rings. The number of thioether (sulfide) groups is 1. The molecule has 2 amide bonds. The third-order valence-electron chi connectivity index (χ3n) is 11.8. The molecule has 17 nitrogen and oxygen atoms in total. The van der Waals surface area contributed by atoms with Gasteiger partial charge in [0.1, 0.15) is 35.6 Å². The van der Waals surface area contributed by atoms with Gasteiger partial charge in [0, 0.05) is 30.0 Å². The van der Waals surface area contributed by atoms with E-state index in [1.54, 1.807) is 0 Å². The minimum absolute atomic E-state index is 0.141. The Hall–Kier alpha value is -3.78. The van der Waals surface area contributed by atoms with E-state index in [0.717, 1.165) is 66.2 Å². The lowest BCUT2D eigenvalue weighted by Crippen LogP contribution is -2.45. The van der Waals surface area contributed by atoms with E-state index >= 15 is 0 Å². The number of carboxylic acids is 1. The van der Waals surface area contributed by atoms with Crippen molar-refractivity contribution in [3.63, 3.8) is 0 Å². The summed E-state index contributed by atoms with van der Waals surface area (Å²) < 4.78 is 49.0. The van der Waals surface area contributed by atoms with Crippen molar-refractivity contribution in [2.75, 3.05) is 30.3 Å². The molecule has 0 bridgehead atoms. The van der Waals surface area contributed by atoms with Crippen LogP contribution in [-0.4, -0.2) is 102 Å². The van der Waals surface area contributed by atoms with Crippen molar-refractivity contribution in [1.29, 1.82) is 0 Å². The summed E-state index contributed by atoms with van der Waals surface area (Å²) in [5.41, 5.74) is 14.0. The number of benzene rings is 1. The normalized spacial score (nSPS) is 17.2. The molecular weight excluding hydrogens is 869 g/mol. The molecule has 6 atom stereocenters. The maximum absolute atomic E-state index is 13.8. The molecule has 0 spiro atoms. The number of aliphatic carboxylic acids is 1. The highest BCUT2D eigenvalue weighted by molar-refractivity contribution is 7.99. The molecule has 2 rings (SSSR count). The van der Waals surface area contributed by atoms with Crippen LogP contribution in [0.15, 0.2) is 0 Å². The second-order valence-electron chi connectivity index (χ2n) is 18.2. The lowest BCUT2D eigenvalue weighted by Gasteiger charge is -2.38. The lowest BCUT2D eigenvalue weighted by molar-refractivity contribution is -0.159. The molecular formula is C45H74N4O13S2. The summed E-state index contributed by atoms with van der Waals surface area (Å²) in [4.78, 5) is 74.3. The van der Waals surface area contributed by atoms with Crippen LogP contribution in [0.2, 0.25) is 0 Å². The number of amides is 2. The van der Waals surface area contributed by atoms with Gasteiger partial charge in [-0.3, -0.25) is 28.5 Å². The van der Waals surface area contributed by atoms with E-state index in [1.165, 1.54) is 38.5 Å². The van der Waals surface area contributed by atoms with E-state index in [9.17, 15) is 37.2 Å². The summed E-state index contributed by atoms with van der Waals surface area (Å²) in [6, 6.07) is -2.56.